The molecule has 1 heterocycles. The van der Waals surface area contributed by atoms with E-state index in [9.17, 15) is 4.39 Å². The number of rotatable bonds is 4. The highest BCUT2D eigenvalue weighted by atomic mass is 35.5. The van der Waals surface area contributed by atoms with Crippen LogP contribution in [0.15, 0.2) is 18.2 Å². The van der Waals surface area contributed by atoms with Crippen LogP contribution in [0, 0.1) is 11.7 Å². The molecule has 0 bridgehead atoms. The monoisotopic (exact) mass is 306 g/mol. The van der Waals surface area contributed by atoms with E-state index < -0.39 is 0 Å². The summed E-state index contributed by atoms with van der Waals surface area (Å²) in [6, 6.07) is 4.78. The van der Waals surface area contributed by atoms with E-state index in [1.54, 1.807) is 12.1 Å². The van der Waals surface area contributed by atoms with Crippen LogP contribution >= 0.6 is 24.0 Å². The molecule has 2 rings (SSSR count). The maximum atomic E-state index is 13.7. The van der Waals surface area contributed by atoms with Crippen molar-refractivity contribution in [3.8, 4) is 0 Å². The van der Waals surface area contributed by atoms with Crippen molar-refractivity contribution in [2.24, 2.45) is 5.92 Å². The van der Waals surface area contributed by atoms with Crippen LogP contribution in [0.5, 0.6) is 0 Å². The van der Waals surface area contributed by atoms with Gasteiger partial charge in [-0.3, -0.25) is 4.90 Å². The molecule has 1 aromatic rings. The molecule has 0 amide bonds. The van der Waals surface area contributed by atoms with Gasteiger partial charge in [0.25, 0.3) is 0 Å². The lowest BCUT2D eigenvalue weighted by molar-refractivity contribution is 0.165. The number of halogens is 3. The molecule has 1 unspecified atom stereocenters. The summed E-state index contributed by atoms with van der Waals surface area (Å²) in [4.78, 5) is 2.32. The van der Waals surface area contributed by atoms with Crippen molar-refractivity contribution in [3.05, 3.63) is 34.6 Å². The largest absolute Gasteiger partial charge is 0.319 e. The Bertz CT molecular complexity index is 399. The summed E-state index contributed by atoms with van der Waals surface area (Å²) in [6.07, 6.45) is 2.45. The lowest BCUT2D eigenvalue weighted by atomic mass is 9.97. The smallest absolute Gasteiger partial charge is 0.127 e. The zero-order chi connectivity index (χ0) is 13.0. The fourth-order valence-electron chi connectivity index (χ4n) is 2.66. The van der Waals surface area contributed by atoms with Crippen LogP contribution in [-0.4, -0.2) is 31.6 Å². The maximum absolute atomic E-state index is 13.7. The summed E-state index contributed by atoms with van der Waals surface area (Å²) < 4.78 is 13.7. The summed E-state index contributed by atoms with van der Waals surface area (Å²) in [6.45, 7) is 3.78. The molecule has 0 radical (unpaired) electrons. The van der Waals surface area contributed by atoms with Gasteiger partial charge in [0.1, 0.15) is 5.82 Å². The highest BCUT2D eigenvalue weighted by Crippen LogP contribution is 2.21. The van der Waals surface area contributed by atoms with Crippen molar-refractivity contribution in [1.29, 1.82) is 0 Å². The Balaban J connectivity index is 0.00000180. The van der Waals surface area contributed by atoms with Crippen LogP contribution in [0.4, 0.5) is 4.39 Å². The summed E-state index contributed by atoms with van der Waals surface area (Å²) in [7, 11) is 1.98. The molecule has 2 nitrogen and oxygen atoms in total. The first-order valence-corrected chi connectivity index (χ1v) is 6.87. The predicted molar refractivity (Wildman–Crippen MR) is 80.6 cm³/mol. The molecule has 1 aliphatic heterocycles. The fourth-order valence-corrected chi connectivity index (χ4v) is 2.85. The molecule has 0 spiro atoms. The molecular formula is C14H21Cl2FN2. The summed E-state index contributed by atoms with van der Waals surface area (Å²) in [5.74, 6) is 0.515. The normalized spacial score (nSPS) is 20.1. The van der Waals surface area contributed by atoms with Crippen LogP contribution in [0.25, 0.3) is 0 Å². The van der Waals surface area contributed by atoms with Gasteiger partial charge in [0.15, 0.2) is 0 Å². The number of hydrogen-bond acceptors (Lipinski definition) is 2. The van der Waals surface area contributed by atoms with Crippen LogP contribution in [0.1, 0.15) is 18.4 Å². The lowest BCUT2D eigenvalue weighted by Gasteiger charge is -2.32. The van der Waals surface area contributed by atoms with Crippen LogP contribution < -0.4 is 5.32 Å². The standard InChI is InChI=1S/C14H20ClFN2.ClH/c1-17-8-11-3-2-6-18(9-11)10-12-7-13(15)4-5-14(12)16;/h4-5,7,11,17H,2-3,6,8-10H2,1H3;1H. The summed E-state index contributed by atoms with van der Waals surface area (Å²) in [5, 5.41) is 3.83. The van der Waals surface area contributed by atoms with Crippen LogP contribution in [0.3, 0.4) is 0 Å². The minimum Gasteiger partial charge on any atom is -0.319 e. The molecular weight excluding hydrogens is 286 g/mol. The second-order valence-corrected chi connectivity index (χ2v) is 5.47. The van der Waals surface area contributed by atoms with Gasteiger partial charge in [0, 0.05) is 23.7 Å². The SMILES string of the molecule is CNCC1CCCN(Cc2cc(Cl)ccc2F)C1.Cl. The summed E-state index contributed by atoms with van der Waals surface area (Å²) >= 11 is 5.92. The third-order valence-corrected chi connectivity index (χ3v) is 3.73. The minimum atomic E-state index is -0.157. The van der Waals surface area contributed by atoms with Crippen LogP contribution in [0.2, 0.25) is 5.02 Å². The van der Waals surface area contributed by atoms with Crippen molar-refractivity contribution in [1.82, 2.24) is 10.2 Å². The first-order chi connectivity index (χ1) is 8.69. The molecule has 0 saturated carbocycles. The van der Waals surface area contributed by atoms with E-state index in [0.29, 0.717) is 23.0 Å². The highest BCUT2D eigenvalue weighted by Gasteiger charge is 2.20. The highest BCUT2D eigenvalue weighted by molar-refractivity contribution is 6.30. The first kappa shape index (κ1) is 16.7. The summed E-state index contributed by atoms with van der Waals surface area (Å²) in [5.41, 5.74) is 0.701. The Morgan fingerprint density at radius 3 is 3.00 bits per heavy atom. The molecule has 1 N–H and O–H groups in total. The van der Waals surface area contributed by atoms with Gasteiger partial charge in [-0.25, -0.2) is 4.39 Å². The molecule has 1 saturated heterocycles. The van der Waals surface area contributed by atoms with Gasteiger partial charge in [0.2, 0.25) is 0 Å². The Labute approximate surface area is 125 Å². The third kappa shape index (κ3) is 4.92. The van der Waals surface area contributed by atoms with E-state index in [2.05, 4.69) is 10.2 Å². The van der Waals surface area contributed by atoms with E-state index in [1.165, 1.54) is 18.9 Å². The Kier molecular flexibility index (Phi) is 7.08. The van der Waals surface area contributed by atoms with Gasteiger partial charge in [0.05, 0.1) is 0 Å². The molecule has 1 aromatic carbocycles. The van der Waals surface area contributed by atoms with Crippen LogP contribution in [-0.2, 0) is 6.54 Å². The lowest BCUT2D eigenvalue weighted by Crippen LogP contribution is -2.38. The Morgan fingerprint density at radius 1 is 1.47 bits per heavy atom. The van der Waals surface area contributed by atoms with Gasteiger partial charge in [-0.05, 0) is 57.1 Å². The molecule has 19 heavy (non-hydrogen) atoms. The van der Waals surface area contributed by atoms with Crippen molar-refractivity contribution in [2.45, 2.75) is 19.4 Å². The maximum Gasteiger partial charge on any atom is 0.127 e. The van der Waals surface area contributed by atoms with Gasteiger partial charge in [-0.1, -0.05) is 11.6 Å². The van der Waals surface area contributed by atoms with Crippen molar-refractivity contribution < 1.29 is 4.39 Å². The fraction of sp³-hybridized carbons (Fsp3) is 0.571. The van der Waals surface area contributed by atoms with Crippen molar-refractivity contribution in [2.75, 3.05) is 26.7 Å². The Morgan fingerprint density at radius 2 is 2.26 bits per heavy atom. The second kappa shape index (κ2) is 8.05. The average molecular weight is 307 g/mol. The number of likely N-dealkylation sites (tertiary alicyclic amines) is 1. The van der Waals surface area contributed by atoms with E-state index in [-0.39, 0.29) is 18.2 Å². The molecule has 0 aromatic heterocycles. The topological polar surface area (TPSA) is 15.3 Å². The second-order valence-electron chi connectivity index (χ2n) is 5.04. The number of hydrogen-bond donors (Lipinski definition) is 1. The zero-order valence-corrected chi connectivity index (χ0v) is 12.7. The van der Waals surface area contributed by atoms with Gasteiger partial charge < -0.3 is 5.32 Å². The van der Waals surface area contributed by atoms with Crippen molar-refractivity contribution >= 4 is 24.0 Å². The number of piperidine rings is 1. The predicted octanol–water partition coefficient (Wildman–Crippen LogP) is 3.33. The first-order valence-electron chi connectivity index (χ1n) is 6.50. The number of benzene rings is 1. The molecule has 108 valence electrons. The van der Waals surface area contributed by atoms with Gasteiger partial charge >= 0.3 is 0 Å². The van der Waals surface area contributed by atoms with E-state index >= 15 is 0 Å². The number of nitrogens with one attached hydrogen (secondary N) is 1. The average Bonchev–Trinajstić information content (AvgIpc) is 2.35. The number of nitrogens with zero attached hydrogens (tertiary/aromatic N) is 1. The van der Waals surface area contributed by atoms with E-state index in [4.69, 9.17) is 11.6 Å². The van der Waals surface area contributed by atoms with Gasteiger partial charge in [-0.15, -0.1) is 12.4 Å². The molecule has 5 heteroatoms. The quantitative estimate of drug-likeness (QED) is 0.918. The molecule has 1 atom stereocenters. The molecule has 1 fully saturated rings. The zero-order valence-electron chi connectivity index (χ0n) is 11.2. The minimum absolute atomic E-state index is 0. The van der Waals surface area contributed by atoms with Gasteiger partial charge in [-0.2, -0.15) is 0 Å². The van der Waals surface area contributed by atoms with E-state index in [0.717, 1.165) is 19.6 Å². The molecule has 1 aliphatic rings. The van der Waals surface area contributed by atoms with E-state index in [1.807, 2.05) is 7.05 Å². The Hall–Kier alpha value is -0.350. The van der Waals surface area contributed by atoms with Crippen molar-refractivity contribution in [3.63, 3.8) is 0 Å². The molecule has 0 aliphatic carbocycles. The third-order valence-electron chi connectivity index (χ3n) is 3.50.